The second kappa shape index (κ2) is 7.48. The Hall–Kier alpha value is -3.04. The molecule has 10 heteroatoms. The van der Waals surface area contributed by atoms with E-state index >= 15 is 0 Å². The van der Waals surface area contributed by atoms with Crippen LogP contribution in [0.4, 0.5) is 19.0 Å². The summed E-state index contributed by atoms with van der Waals surface area (Å²) in [6.07, 6.45) is -2.85. The van der Waals surface area contributed by atoms with E-state index in [1.807, 2.05) is 0 Å². The fraction of sp³-hybridized carbons (Fsp3) is 0.333. The summed E-state index contributed by atoms with van der Waals surface area (Å²) in [6, 6.07) is 6.24. The fourth-order valence-corrected chi connectivity index (χ4v) is 5.05. The van der Waals surface area contributed by atoms with Crippen LogP contribution in [0, 0.1) is 0 Å². The Bertz CT molecular complexity index is 1360. The van der Waals surface area contributed by atoms with Gasteiger partial charge in [-0.05, 0) is 42.7 Å². The Balaban J connectivity index is 1.41. The number of anilines is 1. The molecule has 0 saturated heterocycles. The molecule has 3 aromatic rings. The number of pyridine rings is 1. The van der Waals surface area contributed by atoms with E-state index < -0.39 is 17.8 Å². The van der Waals surface area contributed by atoms with Crippen LogP contribution in [-0.4, -0.2) is 28.4 Å². The van der Waals surface area contributed by atoms with E-state index in [1.54, 1.807) is 17.0 Å². The molecule has 0 radical (unpaired) electrons. The maximum Gasteiger partial charge on any atom is 0.416 e. The van der Waals surface area contributed by atoms with Crippen molar-refractivity contribution in [1.29, 1.82) is 0 Å². The van der Waals surface area contributed by atoms with Crippen LogP contribution in [0.25, 0.3) is 10.9 Å². The molecule has 1 aromatic heterocycles. The second-order valence-corrected chi connectivity index (χ2v) is 9.22. The van der Waals surface area contributed by atoms with E-state index in [4.69, 9.17) is 26.8 Å². The number of rotatable bonds is 3. The maximum absolute atomic E-state index is 13.8. The minimum absolute atomic E-state index is 0.0281. The van der Waals surface area contributed by atoms with Crippen molar-refractivity contribution in [3.8, 4) is 5.75 Å². The van der Waals surface area contributed by atoms with Crippen molar-refractivity contribution in [3.05, 3.63) is 63.2 Å². The van der Waals surface area contributed by atoms with Crippen LogP contribution >= 0.6 is 11.6 Å². The molecule has 0 spiro atoms. The van der Waals surface area contributed by atoms with Gasteiger partial charge in [-0.1, -0.05) is 17.7 Å². The van der Waals surface area contributed by atoms with Gasteiger partial charge in [0.05, 0.1) is 40.9 Å². The standard InChI is InChI=1S/C24H19ClF3N3O3/c25-18-7-19-14(16-8-33-9-17(16)22(29)30-19)6-15(18)23(32)31(12-2-3-12)20-10-34-21-5-11(24(26,27)28)1-4-13(20)21/h1,4-7,12,20H,2-3,8-10H2,(H2,29,30)/t20-/m1/s1. The van der Waals surface area contributed by atoms with E-state index in [9.17, 15) is 18.0 Å². The van der Waals surface area contributed by atoms with Crippen molar-refractivity contribution in [2.75, 3.05) is 12.3 Å². The Morgan fingerprint density at radius 1 is 1.15 bits per heavy atom. The lowest BCUT2D eigenvalue weighted by atomic mass is 10.0. The van der Waals surface area contributed by atoms with Gasteiger partial charge in [0.25, 0.3) is 5.91 Å². The van der Waals surface area contributed by atoms with Gasteiger partial charge < -0.3 is 20.1 Å². The van der Waals surface area contributed by atoms with Crippen molar-refractivity contribution < 1.29 is 27.4 Å². The first kappa shape index (κ1) is 21.5. The summed E-state index contributed by atoms with van der Waals surface area (Å²) in [7, 11) is 0. The molecule has 3 aliphatic rings. The zero-order chi connectivity index (χ0) is 23.8. The molecule has 2 aromatic carbocycles. The zero-order valence-electron chi connectivity index (χ0n) is 17.8. The van der Waals surface area contributed by atoms with Gasteiger partial charge in [0, 0.05) is 22.6 Å². The summed E-state index contributed by atoms with van der Waals surface area (Å²) >= 11 is 6.53. The summed E-state index contributed by atoms with van der Waals surface area (Å²) < 4.78 is 50.5. The fourth-order valence-electron chi connectivity index (χ4n) is 4.81. The number of nitrogen functional groups attached to an aromatic ring is 1. The predicted octanol–water partition coefficient (Wildman–Crippen LogP) is 5.26. The molecule has 3 heterocycles. The Morgan fingerprint density at radius 2 is 1.91 bits per heavy atom. The van der Waals surface area contributed by atoms with E-state index in [0.717, 1.165) is 41.5 Å². The molecule has 1 fully saturated rings. The van der Waals surface area contributed by atoms with E-state index in [0.29, 0.717) is 35.7 Å². The number of hydrogen-bond acceptors (Lipinski definition) is 5. The SMILES string of the molecule is Nc1nc2cc(Cl)c(C(=O)N(C3CC3)[C@@H]3COc4cc(C(F)(F)F)ccc43)cc2c2c1COC2. The first-order valence-corrected chi connectivity index (χ1v) is 11.2. The largest absolute Gasteiger partial charge is 0.491 e. The summed E-state index contributed by atoms with van der Waals surface area (Å²) in [5.41, 5.74) is 8.42. The topological polar surface area (TPSA) is 77.7 Å². The summed E-state index contributed by atoms with van der Waals surface area (Å²) in [5.74, 6) is 0.241. The molecular weight excluding hydrogens is 471 g/mol. The Labute approximate surface area is 197 Å². The highest BCUT2D eigenvalue weighted by atomic mass is 35.5. The van der Waals surface area contributed by atoms with E-state index in [-0.39, 0.29) is 29.3 Å². The summed E-state index contributed by atoms with van der Waals surface area (Å²) in [4.78, 5) is 19.9. The van der Waals surface area contributed by atoms with Gasteiger partial charge in [-0.15, -0.1) is 0 Å². The third-order valence-corrected chi connectivity index (χ3v) is 6.97. The highest BCUT2D eigenvalue weighted by molar-refractivity contribution is 6.34. The van der Waals surface area contributed by atoms with E-state index in [2.05, 4.69) is 4.98 Å². The lowest BCUT2D eigenvalue weighted by molar-refractivity contribution is -0.137. The van der Waals surface area contributed by atoms with Crippen molar-refractivity contribution in [2.24, 2.45) is 0 Å². The lowest BCUT2D eigenvalue weighted by Crippen LogP contribution is -2.37. The van der Waals surface area contributed by atoms with Gasteiger partial charge in [0.2, 0.25) is 0 Å². The number of amides is 1. The molecule has 1 atom stereocenters. The van der Waals surface area contributed by atoms with Gasteiger partial charge in [-0.2, -0.15) is 13.2 Å². The Morgan fingerprint density at radius 3 is 2.65 bits per heavy atom. The molecular formula is C24H19ClF3N3O3. The number of halogens is 4. The number of nitrogens with zero attached hydrogens (tertiary/aromatic N) is 2. The number of carbonyl (C=O) groups excluding carboxylic acids is 1. The highest BCUT2D eigenvalue weighted by Crippen LogP contribution is 2.45. The average Bonchev–Trinajstić information content (AvgIpc) is 3.32. The van der Waals surface area contributed by atoms with Gasteiger partial charge in [0.15, 0.2) is 0 Å². The molecule has 6 nitrogen and oxygen atoms in total. The van der Waals surface area contributed by atoms with Gasteiger partial charge in [-0.25, -0.2) is 4.98 Å². The van der Waals surface area contributed by atoms with Crippen molar-refractivity contribution in [2.45, 2.75) is 44.3 Å². The number of ether oxygens (including phenoxy) is 2. The quantitative estimate of drug-likeness (QED) is 0.543. The predicted molar refractivity (Wildman–Crippen MR) is 119 cm³/mol. The van der Waals surface area contributed by atoms with Gasteiger partial charge in [0.1, 0.15) is 18.2 Å². The van der Waals surface area contributed by atoms with Crippen LogP contribution in [0.5, 0.6) is 5.75 Å². The number of alkyl halides is 3. The second-order valence-electron chi connectivity index (χ2n) is 8.82. The number of hydrogen-bond donors (Lipinski definition) is 1. The highest BCUT2D eigenvalue weighted by Gasteiger charge is 2.43. The third kappa shape index (κ3) is 3.37. The molecule has 1 saturated carbocycles. The number of nitrogens with two attached hydrogens (primary N) is 1. The molecule has 2 N–H and O–H groups in total. The average molecular weight is 490 g/mol. The van der Waals surface area contributed by atoms with Crippen molar-refractivity contribution in [3.63, 3.8) is 0 Å². The molecule has 6 rings (SSSR count). The molecule has 176 valence electrons. The minimum Gasteiger partial charge on any atom is -0.491 e. The van der Waals surface area contributed by atoms with Crippen LogP contribution in [0.2, 0.25) is 5.02 Å². The molecule has 1 aliphatic carbocycles. The molecule has 0 bridgehead atoms. The monoisotopic (exact) mass is 489 g/mol. The normalized spacial score (nSPS) is 19.1. The number of benzene rings is 2. The first-order valence-electron chi connectivity index (χ1n) is 10.9. The maximum atomic E-state index is 13.8. The lowest BCUT2D eigenvalue weighted by Gasteiger charge is -2.29. The third-order valence-electron chi connectivity index (χ3n) is 6.66. The minimum atomic E-state index is -4.47. The van der Waals surface area contributed by atoms with Crippen LogP contribution in [0.3, 0.4) is 0 Å². The first-order chi connectivity index (χ1) is 16.2. The number of carbonyl (C=O) groups is 1. The molecule has 34 heavy (non-hydrogen) atoms. The van der Waals surface area contributed by atoms with Crippen LogP contribution < -0.4 is 10.5 Å². The van der Waals surface area contributed by atoms with Gasteiger partial charge >= 0.3 is 6.18 Å². The van der Waals surface area contributed by atoms with Crippen molar-refractivity contribution in [1.82, 2.24) is 9.88 Å². The molecule has 1 amide bonds. The van der Waals surface area contributed by atoms with E-state index in [1.165, 1.54) is 6.07 Å². The summed E-state index contributed by atoms with van der Waals surface area (Å²) in [5, 5.41) is 0.989. The number of fused-ring (bicyclic) bond motifs is 4. The smallest absolute Gasteiger partial charge is 0.416 e. The van der Waals surface area contributed by atoms with Crippen LogP contribution in [0.1, 0.15) is 51.5 Å². The molecule has 0 unspecified atom stereocenters. The Kier molecular flexibility index (Phi) is 4.73. The molecule has 2 aliphatic heterocycles. The van der Waals surface area contributed by atoms with Gasteiger partial charge in [-0.3, -0.25) is 4.79 Å². The van der Waals surface area contributed by atoms with Crippen LogP contribution in [-0.2, 0) is 24.1 Å². The summed E-state index contributed by atoms with van der Waals surface area (Å²) in [6.45, 7) is 0.817. The van der Waals surface area contributed by atoms with Crippen molar-refractivity contribution >= 4 is 34.2 Å². The zero-order valence-corrected chi connectivity index (χ0v) is 18.5. The number of aromatic nitrogens is 1. The van der Waals surface area contributed by atoms with Crippen LogP contribution in [0.15, 0.2) is 30.3 Å².